The number of nitrogens with one attached hydrogen (secondary N) is 3. The van der Waals surface area contributed by atoms with Crippen LogP contribution in [0.15, 0.2) is 41.3 Å². The zero-order chi connectivity index (χ0) is 16.4. The number of benzene rings is 1. The Morgan fingerprint density at radius 3 is 2.87 bits per heavy atom. The number of amides is 1. The van der Waals surface area contributed by atoms with Gasteiger partial charge in [-0.3, -0.25) is 9.59 Å². The molecule has 0 radical (unpaired) electrons. The topological polar surface area (TPSA) is 77.8 Å². The minimum Gasteiger partial charge on any atom is -0.361 e. The highest BCUT2D eigenvalue weighted by molar-refractivity contribution is 6.31. The first-order valence-electron chi connectivity index (χ1n) is 7.28. The molecular weight excluding hydrogens is 314 g/mol. The Morgan fingerprint density at radius 2 is 2.09 bits per heavy atom. The van der Waals surface area contributed by atoms with Crippen LogP contribution in [0.25, 0.3) is 10.9 Å². The van der Waals surface area contributed by atoms with Crippen LogP contribution >= 0.6 is 11.6 Å². The second kappa shape index (κ2) is 6.30. The van der Waals surface area contributed by atoms with Crippen LogP contribution in [0.5, 0.6) is 0 Å². The number of aromatic amines is 2. The number of aryl methyl sites for hydroxylation is 1. The van der Waals surface area contributed by atoms with Crippen LogP contribution in [0.2, 0.25) is 5.02 Å². The molecule has 1 aromatic carbocycles. The lowest BCUT2D eigenvalue weighted by molar-refractivity contribution is 0.0952. The van der Waals surface area contributed by atoms with E-state index in [1.165, 1.54) is 6.07 Å². The number of fused-ring (bicyclic) bond motifs is 1. The van der Waals surface area contributed by atoms with E-state index < -0.39 is 0 Å². The summed E-state index contributed by atoms with van der Waals surface area (Å²) >= 11 is 5.96. The molecule has 0 aliphatic carbocycles. The third-order valence-corrected chi connectivity index (χ3v) is 3.94. The Morgan fingerprint density at radius 1 is 1.26 bits per heavy atom. The summed E-state index contributed by atoms with van der Waals surface area (Å²) in [6, 6.07) is 8.91. The molecule has 23 heavy (non-hydrogen) atoms. The first-order chi connectivity index (χ1) is 11.0. The van der Waals surface area contributed by atoms with Crippen molar-refractivity contribution in [3.63, 3.8) is 0 Å². The third kappa shape index (κ3) is 3.29. The SMILES string of the molecule is Cc1ccc(C(=O)NCCc2c[nH]c3cc(Cl)ccc23)c(=O)[nH]1. The van der Waals surface area contributed by atoms with Crippen LogP contribution in [-0.2, 0) is 6.42 Å². The predicted octanol–water partition coefficient (Wildman–Crippen LogP) is 2.79. The first kappa shape index (κ1) is 15.4. The van der Waals surface area contributed by atoms with Crippen molar-refractivity contribution in [1.82, 2.24) is 15.3 Å². The fraction of sp³-hybridized carbons (Fsp3) is 0.176. The van der Waals surface area contributed by atoms with Gasteiger partial charge in [0.1, 0.15) is 5.56 Å². The molecule has 0 fully saturated rings. The zero-order valence-corrected chi connectivity index (χ0v) is 13.3. The second-order valence-electron chi connectivity index (χ2n) is 5.39. The van der Waals surface area contributed by atoms with Crippen LogP contribution in [-0.4, -0.2) is 22.4 Å². The molecule has 0 atom stereocenters. The fourth-order valence-corrected chi connectivity index (χ4v) is 2.69. The third-order valence-electron chi connectivity index (χ3n) is 3.71. The summed E-state index contributed by atoms with van der Waals surface area (Å²) < 4.78 is 0. The normalized spacial score (nSPS) is 10.9. The minimum absolute atomic E-state index is 0.126. The Bertz CT molecular complexity index is 927. The van der Waals surface area contributed by atoms with Gasteiger partial charge in [0.15, 0.2) is 0 Å². The minimum atomic E-state index is -0.371. The molecular formula is C17H16ClN3O2. The number of halogens is 1. The molecule has 6 heteroatoms. The van der Waals surface area contributed by atoms with Crippen molar-refractivity contribution in [2.75, 3.05) is 6.54 Å². The van der Waals surface area contributed by atoms with Crippen LogP contribution in [0.4, 0.5) is 0 Å². The monoisotopic (exact) mass is 329 g/mol. The van der Waals surface area contributed by atoms with Gasteiger partial charge in [0.2, 0.25) is 0 Å². The second-order valence-corrected chi connectivity index (χ2v) is 5.83. The number of carbonyl (C=O) groups is 1. The van der Waals surface area contributed by atoms with Gasteiger partial charge in [-0.2, -0.15) is 0 Å². The van der Waals surface area contributed by atoms with Crippen LogP contribution in [0.3, 0.4) is 0 Å². The molecule has 5 nitrogen and oxygen atoms in total. The summed E-state index contributed by atoms with van der Waals surface area (Å²) in [5.74, 6) is -0.367. The van der Waals surface area contributed by atoms with Crippen molar-refractivity contribution in [2.45, 2.75) is 13.3 Å². The summed E-state index contributed by atoms with van der Waals surface area (Å²) in [5.41, 5.74) is 2.54. The van der Waals surface area contributed by atoms with Crippen LogP contribution in [0.1, 0.15) is 21.6 Å². The molecule has 2 heterocycles. The van der Waals surface area contributed by atoms with Crippen LogP contribution in [0, 0.1) is 6.92 Å². The fourth-order valence-electron chi connectivity index (χ4n) is 2.52. The van der Waals surface area contributed by atoms with E-state index in [1.54, 1.807) is 13.0 Å². The van der Waals surface area contributed by atoms with E-state index in [0.717, 1.165) is 22.2 Å². The van der Waals surface area contributed by atoms with E-state index in [9.17, 15) is 9.59 Å². The van der Waals surface area contributed by atoms with Crippen molar-refractivity contribution in [3.8, 4) is 0 Å². The molecule has 3 rings (SSSR count). The molecule has 0 aliphatic rings. The standard InChI is InChI=1S/C17H16ClN3O2/c1-10-2-4-14(17(23)21-10)16(22)19-7-6-11-9-20-15-8-12(18)3-5-13(11)15/h2-5,8-9,20H,6-7H2,1H3,(H,19,22)(H,21,23). The number of aromatic nitrogens is 2. The van der Waals surface area contributed by atoms with Gasteiger partial charge in [0, 0.05) is 34.4 Å². The largest absolute Gasteiger partial charge is 0.361 e. The van der Waals surface area contributed by atoms with Crippen molar-refractivity contribution in [1.29, 1.82) is 0 Å². The lowest BCUT2D eigenvalue weighted by Gasteiger charge is -2.05. The first-order valence-corrected chi connectivity index (χ1v) is 7.66. The van der Waals surface area contributed by atoms with E-state index in [0.29, 0.717) is 18.0 Å². The molecule has 0 bridgehead atoms. The van der Waals surface area contributed by atoms with E-state index in [2.05, 4.69) is 15.3 Å². The lowest BCUT2D eigenvalue weighted by Crippen LogP contribution is -2.31. The molecule has 3 N–H and O–H groups in total. The van der Waals surface area contributed by atoms with Crippen molar-refractivity contribution < 1.29 is 4.79 Å². The Hall–Kier alpha value is -2.53. The molecule has 0 unspecified atom stereocenters. The summed E-state index contributed by atoms with van der Waals surface area (Å²) in [6.07, 6.45) is 2.57. The Balaban J connectivity index is 1.66. The maximum atomic E-state index is 12.1. The maximum Gasteiger partial charge on any atom is 0.260 e. The Kier molecular flexibility index (Phi) is 4.21. The molecule has 0 aliphatic heterocycles. The number of rotatable bonds is 4. The van der Waals surface area contributed by atoms with Gasteiger partial charge < -0.3 is 15.3 Å². The zero-order valence-electron chi connectivity index (χ0n) is 12.6. The van der Waals surface area contributed by atoms with Gasteiger partial charge in [-0.05, 0) is 43.2 Å². The van der Waals surface area contributed by atoms with Crippen molar-refractivity contribution in [3.05, 3.63) is 68.7 Å². The van der Waals surface area contributed by atoms with E-state index >= 15 is 0 Å². The Labute approximate surface area is 137 Å². The van der Waals surface area contributed by atoms with Crippen molar-refractivity contribution >= 4 is 28.4 Å². The average molecular weight is 330 g/mol. The molecule has 0 saturated carbocycles. The molecule has 0 spiro atoms. The van der Waals surface area contributed by atoms with Gasteiger partial charge in [0.25, 0.3) is 11.5 Å². The highest BCUT2D eigenvalue weighted by Gasteiger charge is 2.10. The van der Waals surface area contributed by atoms with E-state index in [4.69, 9.17) is 11.6 Å². The maximum absolute atomic E-state index is 12.1. The van der Waals surface area contributed by atoms with E-state index in [1.807, 2.05) is 24.4 Å². The summed E-state index contributed by atoms with van der Waals surface area (Å²) in [4.78, 5) is 29.6. The molecule has 118 valence electrons. The molecule has 3 aromatic rings. The quantitative estimate of drug-likeness (QED) is 0.688. The summed E-state index contributed by atoms with van der Waals surface area (Å²) in [6.45, 7) is 2.22. The lowest BCUT2D eigenvalue weighted by atomic mass is 10.1. The predicted molar refractivity (Wildman–Crippen MR) is 91.1 cm³/mol. The van der Waals surface area contributed by atoms with Crippen LogP contribution < -0.4 is 10.9 Å². The molecule has 0 saturated heterocycles. The molecule has 2 aromatic heterocycles. The van der Waals surface area contributed by atoms with Gasteiger partial charge >= 0.3 is 0 Å². The number of hydrogen-bond donors (Lipinski definition) is 3. The van der Waals surface area contributed by atoms with Gasteiger partial charge in [-0.25, -0.2) is 0 Å². The number of hydrogen-bond acceptors (Lipinski definition) is 2. The number of carbonyl (C=O) groups excluding carboxylic acids is 1. The summed E-state index contributed by atoms with van der Waals surface area (Å²) in [7, 11) is 0. The van der Waals surface area contributed by atoms with Crippen molar-refractivity contribution in [2.24, 2.45) is 0 Å². The van der Waals surface area contributed by atoms with Gasteiger partial charge in [-0.1, -0.05) is 17.7 Å². The van der Waals surface area contributed by atoms with E-state index in [-0.39, 0.29) is 17.0 Å². The number of pyridine rings is 1. The molecule has 1 amide bonds. The highest BCUT2D eigenvalue weighted by atomic mass is 35.5. The number of H-pyrrole nitrogens is 2. The smallest absolute Gasteiger partial charge is 0.260 e. The van der Waals surface area contributed by atoms with Gasteiger partial charge in [0.05, 0.1) is 0 Å². The van der Waals surface area contributed by atoms with Gasteiger partial charge in [-0.15, -0.1) is 0 Å². The average Bonchev–Trinajstić information content (AvgIpc) is 2.89. The summed E-state index contributed by atoms with van der Waals surface area (Å²) in [5, 5.41) is 4.53. The highest BCUT2D eigenvalue weighted by Crippen LogP contribution is 2.22.